The zero-order valence-electron chi connectivity index (χ0n) is 17.0. The summed E-state index contributed by atoms with van der Waals surface area (Å²) in [5.41, 5.74) is 0.173. The summed E-state index contributed by atoms with van der Waals surface area (Å²) in [5, 5.41) is 0.399. The maximum absolute atomic E-state index is 13.2. The lowest BCUT2D eigenvalue weighted by molar-refractivity contribution is -0.157. The van der Waals surface area contributed by atoms with E-state index in [1.165, 1.54) is 20.7 Å². The van der Waals surface area contributed by atoms with Crippen LogP contribution < -0.4 is 10.5 Å². The normalized spacial score (nSPS) is 28.3. The van der Waals surface area contributed by atoms with Crippen LogP contribution in [0.5, 0.6) is 0 Å². The Hall–Kier alpha value is -4.01. The number of carbonyl (C=O) groups excluding carboxylic acids is 3. The average molecular weight is 430 g/mol. The lowest BCUT2D eigenvalue weighted by atomic mass is 9.88. The first-order chi connectivity index (χ1) is 15.5. The van der Waals surface area contributed by atoms with Crippen molar-refractivity contribution in [1.29, 1.82) is 0 Å². The molecule has 1 aromatic heterocycles. The fraction of sp³-hybridized carbons (Fsp3) is 0.261. The number of hydrogen-bond acceptors (Lipinski definition) is 6. The number of carbonyl (C=O) groups is 3. The highest BCUT2D eigenvalue weighted by atomic mass is 16.6. The number of nitrogens with zero attached hydrogens (tertiary/aromatic N) is 4. The third-order valence-electron chi connectivity index (χ3n) is 6.80. The Bertz CT molecular complexity index is 1380. The van der Waals surface area contributed by atoms with Crippen LogP contribution in [0.3, 0.4) is 0 Å². The molecule has 2 fully saturated rings. The molecule has 0 radical (unpaired) electrons. The van der Waals surface area contributed by atoms with E-state index in [2.05, 4.69) is 4.98 Å². The van der Waals surface area contributed by atoms with Gasteiger partial charge in [-0.15, -0.1) is 0 Å². The van der Waals surface area contributed by atoms with Crippen molar-refractivity contribution in [3.8, 4) is 0 Å². The molecule has 2 saturated heterocycles. The SMILES string of the molecule is C[C@H]1C(=O)N2c3ccccc3[C@@]3(C[C@H](n4cnc5ccccc5c4=O)C(=O)O3)[C@@H]2N1C=O. The maximum atomic E-state index is 13.2. The Kier molecular flexibility index (Phi) is 3.66. The predicted octanol–water partition coefficient (Wildman–Crippen LogP) is 1.31. The summed E-state index contributed by atoms with van der Waals surface area (Å²) in [5.74, 6) is -0.839. The molecule has 0 bridgehead atoms. The molecule has 0 saturated carbocycles. The van der Waals surface area contributed by atoms with Gasteiger partial charge < -0.3 is 9.64 Å². The summed E-state index contributed by atoms with van der Waals surface area (Å²) in [6.07, 6.45) is 1.26. The molecule has 2 aromatic carbocycles. The van der Waals surface area contributed by atoms with Crippen molar-refractivity contribution in [3.05, 3.63) is 70.8 Å². The molecule has 4 atom stereocenters. The number of aromatic nitrogens is 2. The van der Waals surface area contributed by atoms with E-state index in [0.717, 1.165) is 0 Å². The second-order valence-corrected chi connectivity index (χ2v) is 8.33. The second kappa shape index (κ2) is 6.25. The fourth-order valence-corrected chi connectivity index (χ4v) is 5.32. The molecule has 9 nitrogen and oxygen atoms in total. The summed E-state index contributed by atoms with van der Waals surface area (Å²) < 4.78 is 7.28. The average Bonchev–Trinajstić information content (AvgIpc) is 3.38. The van der Waals surface area contributed by atoms with E-state index < -0.39 is 29.8 Å². The second-order valence-electron chi connectivity index (χ2n) is 8.33. The van der Waals surface area contributed by atoms with Gasteiger partial charge in [0.15, 0.2) is 11.8 Å². The van der Waals surface area contributed by atoms with Crippen molar-refractivity contribution >= 4 is 34.9 Å². The van der Waals surface area contributed by atoms with Crippen LogP contribution in [0.4, 0.5) is 5.69 Å². The van der Waals surface area contributed by atoms with Crippen LogP contribution in [-0.2, 0) is 24.7 Å². The Balaban J connectivity index is 1.52. The Morgan fingerprint density at radius 3 is 2.66 bits per heavy atom. The van der Waals surface area contributed by atoms with E-state index in [-0.39, 0.29) is 17.9 Å². The van der Waals surface area contributed by atoms with E-state index in [1.807, 2.05) is 0 Å². The molecule has 32 heavy (non-hydrogen) atoms. The van der Waals surface area contributed by atoms with Crippen LogP contribution in [0.25, 0.3) is 10.9 Å². The molecule has 4 heterocycles. The van der Waals surface area contributed by atoms with Crippen molar-refractivity contribution in [2.24, 2.45) is 0 Å². The van der Waals surface area contributed by atoms with Crippen molar-refractivity contribution in [2.45, 2.75) is 37.2 Å². The standard InChI is InChI=1S/C23H18N4O5/c1-13-19(29)27-17-9-5-3-7-15(17)23(22(27)26(13)12-28)10-18(21(31)32-23)25-11-24-16-8-4-2-6-14(16)20(25)30/h2-9,11-13,18,22H,10H2,1H3/t13-,18-,22+,23-/m0/s1. The van der Waals surface area contributed by atoms with E-state index >= 15 is 0 Å². The highest BCUT2D eigenvalue weighted by Crippen LogP contribution is 2.56. The number of para-hydroxylation sites is 2. The number of anilines is 1. The summed E-state index contributed by atoms with van der Waals surface area (Å²) in [7, 11) is 0. The molecular weight excluding hydrogens is 412 g/mol. The van der Waals surface area contributed by atoms with Crippen molar-refractivity contribution in [1.82, 2.24) is 14.5 Å². The molecule has 0 aliphatic carbocycles. The van der Waals surface area contributed by atoms with Gasteiger partial charge >= 0.3 is 5.97 Å². The minimum atomic E-state index is -1.27. The zero-order valence-corrected chi connectivity index (χ0v) is 17.0. The van der Waals surface area contributed by atoms with Crippen molar-refractivity contribution < 1.29 is 19.1 Å². The monoisotopic (exact) mass is 430 g/mol. The summed E-state index contributed by atoms with van der Waals surface area (Å²) in [4.78, 5) is 58.5. The number of amides is 2. The lowest BCUT2D eigenvalue weighted by Crippen LogP contribution is -2.50. The first-order valence-corrected chi connectivity index (χ1v) is 10.3. The van der Waals surface area contributed by atoms with Crippen LogP contribution in [0.1, 0.15) is 24.9 Å². The molecule has 3 aromatic rings. The Morgan fingerprint density at radius 2 is 1.84 bits per heavy atom. The minimum Gasteiger partial charge on any atom is -0.448 e. The molecule has 0 unspecified atom stereocenters. The van der Waals surface area contributed by atoms with Gasteiger partial charge in [0.2, 0.25) is 6.41 Å². The van der Waals surface area contributed by atoms with Crippen LogP contribution in [0.2, 0.25) is 0 Å². The summed E-state index contributed by atoms with van der Waals surface area (Å²) in [6, 6.07) is 12.5. The number of ether oxygens (including phenoxy) is 1. The van der Waals surface area contributed by atoms with Crippen molar-refractivity contribution in [3.63, 3.8) is 0 Å². The van der Waals surface area contributed by atoms with Gasteiger partial charge in [0.25, 0.3) is 11.5 Å². The number of esters is 1. The molecule has 1 spiro atoms. The summed E-state index contributed by atoms with van der Waals surface area (Å²) in [6.45, 7) is 1.65. The smallest absolute Gasteiger partial charge is 0.330 e. The van der Waals surface area contributed by atoms with Crippen LogP contribution in [0, 0.1) is 0 Å². The molecule has 9 heteroatoms. The molecule has 2 amide bonds. The van der Waals surface area contributed by atoms with Crippen molar-refractivity contribution in [2.75, 3.05) is 4.90 Å². The van der Waals surface area contributed by atoms with Gasteiger partial charge in [-0.05, 0) is 25.1 Å². The molecule has 3 aliphatic heterocycles. The molecular formula is C23H18N4O5. The van der Waals surface area contributed by atoms with E-state index in [4.69, 9.17) is 4.74 Å². The first kappa shape index (κ1) is 18.7. The number of fused-ring (bicyclic) bond motifs is 6. The number of rotatable bonds is 2. The predicted molar refractivity (Wildman–Crippen MR) is 113 cm³/mol. The number of benzene rings is 2. The summed E-state index contributed by atoms with van der Waals surface area (Å²) >= 11 is 0. The van der Waals surface area contributed by atoms with E-state index in [9.17, 15) is 19.2 Å². The molecule has 3 aliphatic rings. The molecule has 160 valence electrons. The largest absolute Gasteiger partial charge is 0.448 e. The van der Waals surface area contributed by atoms with E-state index in [1.54, 1.807) is 55.5 Å². The topological polar surface area (TPSA) is 102 Å². The van der Waals surface area contributed by atoms with Gasteiger partial charge in [-0.25, -0.2) is 9.78 Å². The molecule has 6 rings (SSSR count). The molecule has 0 N–H and O–H groups in total. The van der Waals surface area contributed by atoms with Crippen LogP contribution >= 0.6 is 0 Å². The Labute approximate surface area is 181 Å². The van der Waals surface area contributed by atoms with Gasteiger partial charge in [0.1, 0.15) is 12.1 Å². The van der Waals surface area contributed by atoms with E-state index in [0.29, 0.717) is 28.6 Å². The quantitative estimate of drug-likeness (QED) is 0.449. The van der Waals surface area contributed by atoms with Gasteiger partial charge in [0, 0.05) is 12.0 Å². The van der Waals surface area contributed by atoms with Gasteiger partial charge in [-0.2, -0.15) is 0 Å². The minimum absolute atomic E-state index is 0.0915. The highest BCUT2D eigenvalue weighted by Gasteiger charge is 2.67. The Morgan fingerprint density at radius 1 is 1.09 bits per heavy atom. The van der Waals surface area contributed by atoms with Crippen LogP contribution in [-0.4, -0.2) is 44.9 Å². The lowest BCUT2D eigenvalue weighted by Gasteiger charge is -2.34. The third kappa shape index (κ3) is 2.14. The zero-order chi connectivity index (χ0) is 22.2. The maximum Gasteiger partial charge on any atom is 0.330 e. The van der Waals surface area contributed by atoms with Gasteiger partial charge in [-0.3, -0.25) is 23.9 Å². The fourth-order valence-electron chi connectivity index (χ4n) is 5.32. The van der Waals surface area contributed by atoms with Crippen LogP contribution in [0.15, 0.2) is 59.7 Å². The third-order valence-corrected chi connectivity index (χ3v) is 6.80. The highest BCUT2D eigenvalue weighted by molar-refractivity contribution is 6.04. The van der Waals surface area contributed by atoms with Gasteiger partial charge in [-0.1, -0.05) is 30.3 Å². The number of hydrogen-bond donors (Lipinski definition) is 0. The first-order valence-electron chi connectivity index (χ1n) is 10.3. The van der Waals surface area contributed by atoms with Gasteiger partial charge in [0.05, 0.1) is 22.9 Å².